The number of amides is 2. The van der Waals surface area contributed by atoms with E-state index in [1.54, 1.807) is 9.80 Å². The second-order valence-corrected chi connectivity index (χ2v) is 2.13. The van der Waals surface area contributed by atoms with Crippen molar-refractivity contribution in [3.63, 3.8) is 0 Å². The van der Waals surface area contributed by atoms with Crippen LogP contribution in [0.2, 0.25) is 0 Å². The predicted octanol–water partition coefficient (Wildman–Crippen LogP) is -1.20. The fraction of sp³-hybridized carbons (Fsp3) is 0.800. The first kappa shape index (κ1) is 9.19. The van der Waals surface area contributed by atoms with E-state index in [0.29, 0.717) is 0 Å². The Morgan fingerprint density at radius 1 is 1.20 bits per heavy atom. The molecule has 0 radical (unpaired) electrons. The maximum Gasteiger partial charge on any atom is 0.319 e. The standard InChI is InChI=1S/C5H10N2O.H4N2/c1-6-3-4-7(2)5(6)8;1-2/h3-4H2,1-2H3;1-2H2. The fourth-order valence-corrected chi connectivity index (χ4v) is 0.783. The Hall–Kier alpha value is -0.810. The van der Waals surface area contributed by atoms with Crippen molar-refractivity contribution in [3.05, 3.63) is 0 Å². The third kappa shape index (κ3) is 1.85. The van der Waals surface area contributed by atoms with Gasteiger partial charge in [-0.15, -0.1) is 0 Å². The van der Waals surface area contributed by atoms with Crippen LogP contribution in [0.1, 0.15) is 0 Å². The summed E-state index contributed by atoms with van der Waals surface area (Å²) in [4.78, 5) is 14.2. The van der Waals surface area contributed by atoms with Gasteiger partial charge in [0.2, 0.25) is 0 Å². The molecule has 5 nitrogen and oxygen atoms in total. The van der Waals surface area contributed by atoms with Crippen molar-refractivity contribution in [3.8, 4) is 0 Å². The molecular weight excluding hydrogens is 132 g/mol. The van der Waals surface area contributed by atoms with Crippen molar-refractivity contribution in [2.75, 3.05) is 27.2 Å². The highest BCUT2D eigenvalue weighted by molar-refractivity contribution is 5.75. The van der Waals surface area contributed by atoms with Gasteiger partial charge in [-0.25, -0.2) is 4.79 Å². The molecule has 0 atom stereocenters. The van der Waals surface area contributed by atoms with Crippen molar-refractivity contribution in [1.29, 1.82) is 0 Å². The molecule has 4 N–H and O–H groups in total. The van der Waals surface area contributed by atoms with E-state index in [0.717, 1.165) is 13.1 Å². The van der Waals surface area contributed by atoms with Crippen molar-refractivity contribution in [2.24, 2.45) is 11.7 Å². The minimum atomic E-state index is 0.130. The highest BCUT2D eigenvalue weighted by Gasteiger charge is 2.20. The lowest BCUT2D eigenvalue weighted by Crippen LogP contribution is -2.25. The van der Waals surface area contributed by atoms with Crippen molar-refractivity contribution >= 4 is 6.03 Å². The zero-order valence-corrected chi connectivity index (χ0v) is 6.37. The van der Waals surface area contributed by atoms with Crippen LogP contribution >= 0.6 is 0 Å². The quantitative estimate of drug-likeness (QED) is 0.333. The van der Waals surface area contributed by atoms with E-state index < -0.39 is 0 Å². The van der Waals surface area contributed by atoms with Crippen LogP contribution in [0.4, 0.5) is 4.79 Å². The van der Waals surface area contributed by atoms with Crippen LogP contribution in [0.15, 0.2) is 0 Å². The number of hydrazine groups is 1. The summed E-state index contributed by atoms with van der Waals surface area (Å²) < 4.78 is 0. The van der Waals surface area contributed by atoms with Crippen LogP contribution in [0.3, 0.4) is 0 Å². The van der Waals surface area contributed by atoms with Crippen LogP contribution in [-0.4, -0.2) is 43.0 Å². The Bertz CT molecular complexity index is 104. The van der Waals surface area contributed by atoms with Gasteiger partial charge >= 0.3 is 6.03 Å². The van der Waals surface area contributed by atoms with Gasteiger partial charge in [-0.2, -0.15) is 0 Å². The monoisotopic (exact) mass is 146 g/mol. The molecule has 1 saturated heterocycles. The summed E-state index contributed by atoms with van der Waals surface area (Å²) in [5.74, 6) is 8.00. The van der Waals surface area contributed by atoms with E-state index in [-0.39, 0.29) is 6.03 Å². The number of nitrogens with zero attached hydrogens (tertiary/aromatic N) is 2. The van der Waals surface area contributed by atoms with Gasteiger partial charge in [0, 0.05) is 27.2 Å². The second-order valence-electron chi connectivity index (χ2n) is 2.13. The van der Waals surface area contributed by atoms with E-state index >= 15 is 0 Å². The Labute approximate surface area is 60.5 Å². The SMILES string of the molecule is CN1CCN(C)C1=O.NN. The normalized spacial score (nSPS) is 17.0. The van der Waals surface area contributed by atoms with Gasteiger partial charge in [-0.3, -0.25) is 11.7 Å². The van der Waals surface area contributed by atoms with Gasteiger partial charge in [-0.05, 0) is 0 Å². The molecule has 1 heterocycles. The minimum Gasteiger partial charge on any atom is -0.326 e. The van der Waals surface area contributed by atoms with Crippen molar-refractivity contribution in [2.45, 2.75) is 0 Å². The molecule has 5 heteroatoms. The molecule has 10 heavy (non-hydrogen) atoms. The topological polar surface area (TPSA) is 75.6 Å². The molecule has 0 aliphatic carbocycles. The molecule has 1 aliphatic rings. The van der Waals surface area contributed by atoms with Gasteiger partial charge in [0.15, 0.2) is 0 Å². The summed E-state index contributed by atoms with van der Waals surface area (Å²) in [5.41, 5.74) is 0. The first-order chi connectivity index (χ1) is 4.72. The molecule has 2 amide bonds. The molecular formula is C5H14N4O. The highest BCUT2D eigenvalue weighted by Crippen LogP contribution is 2.00. The van der Waals surface area contributed by atoms with Gasteiger partial charge in [0.05, 0.1) is 0 Å². The molecule has 1 aliphatic heterocycles. The Morgan fingerprint density at radius 2 is 1.50 bits per heavy atom. The van der Waals surface area contributed by atoms with Crippen molar-refractivity contribution < 1.29 is 4.79 Å². The summed E-state index contributed by atoms with van der Waals surface area (Å²) in [6, 6.07) is 0.130. The average Bonchev–Trinajstić information content (AvgIpc) is 2.25. The largest absolute Gasteiger partial charge is 0.326 e. The third-order valence-electron chi connectivity index (χ3n) is 1.42. The first-order valence-electron chi connectivity index (χ1n) is 3.01. The fourth-order valence-electron chi connectivity index (χ4n) is 0.783. The lowest BCUT2D eigenvalue weighted by Gasteiger charge is -2.07. The molecule has 0 spiro atoms. The molecule has 0 aromatic heterocycles. The second kappa shape index (κ2) is 4.08. The number of likely N-dealkylation sites (N-methyl/N-ethyl adjacent to an activating group) is 2. The maximum atomic E-state index is 10.8. The lowest BCUT2D eigenvalue weighted by molar-refractivity contribution is 0.205. The van der Waals surface area contributed by atoms with E-state index in [9.17, 15) is 4.79 Å². The number of carbonyl (C=O) groups is 1. The first-order valence-corrected chi connectivity index (χ1v) is 3.01. The number of carbonyl (C=O) groups excluding carboxylic acids is 1. The summed E-state index contributed by atoms with van der Waals surface area (Å²) in [6.07, 6.45) is 0. The Balaban J connectivity index is 0.000000371. The smallest absolute Gasteiger partial charge is 0.319 e. The van der Waals surface area contributed by atoms with Gasteiger partial charge < -0.3 is 9.80 Å². The number of urea groups is 1. The van der Waals surface area contributed by atoms with Crippen LogP contribution in [-0.2, 0) is 0 Å². The van der Waals surface area contributed by atoms with Gasteiger partial charge in [-0.1, -0.05) is 0 Å². The Morgan fingerprint density at radius 3 is 1.60 bits per heavy atom. The third-order valence-corrected chi connectivity index (χ3v) is 1.42. The number of hydrogen-bond acceptors (Lipinski definition) is 3. The number of hydrogen-bond donors (Lipinski definition) is 2. The average molecular weight is 146 g/mol. The maximum absolute atomic E-state index is 10.8. The minimum absolute atomic E-state index is 0.130. The molecule has 1 rings (SSSR count). The van der Waals surface area contributed by atoms with E-state index in [1.165, 1.54) is 0 Å². The molecule has 1 fully saturated rings. The van der Waals surface area contributed by atoms with Gasteiger partial charge in [0.25, 0.3) is 0 Å². The lowest BCUT2D eigenvalue weighted by atomic mass is 10.6. The summed E-state index contributed by atoms with van der Waals surface area (Å²) in [5, 5.41) is 0. The van der Waals surface area contributed by atoms with Gasteiger partial charge in [0.1, 0.15) is 0 Å². The van der Waals surface area contributed by atoms with E-state index in [2.05, 4.69) is 11.7 Å². The van der Waals surface area contributed by atoms with Crippen molar-refractivity contribution in [1.82, 2.24) is 9.80 Å². The van der Waals surface area contributed by atoms with Crippen LogP contribution < -0.4 is 11.7 Å². The van der Waals surface area contributed by atoms with Crippen LogP contribution in [0, 0.1) is 0 Å². The zero-order valence-electron chi connectivity index (χ0n) is 6.37. The van der Waals surface area contributed by atoms with E-state index in [4.69, 9.17) is 0 Å². The highest BCUT2D eigenvalue weighted by atomic mass is 16.2. The van der Waals surface area contributed by atoms with Crippen LogP contribution in [0.25, 0.3) is 0 Å². The molecule has 60 valence electrons. The van der Waals surface area contributed by atoms with Crippen LogP contribution in [0.5, 0.6) is 0 Å². The van der Waals surface area contributed by atoms with E-state index in [1.807, 2.05) is 14.1 Å². The Kier molecular flexibility index (Phi) is 3.75. The molecule has 0 saturated carbocycles. The molecule has 0 aromatic rings. The summed E-state index contributed by atoms with van der Waals surface area (Å²) >= 11 is 0. The predicted molar refractivity (Wildman–Crippen MR) is 39.0 cm³/mol. The number of nitrogens with two attached hydrogens (primary N) is 2. The molecule has 0 unspecified atom stereocenters. The summed E-state index contributed by atoms with van der Waals surface area (Å²) in [7, 11) is 3.62. The summed E-state index contributed by atoms with van der Waals surface area (Å²) in [6.45, 7) is 1.74. The number of rotatable bonds is 0. The molecule has 0 aromatic carbocycles. The zero-order chi connectivity index (χ0) is 8.15. The molecule has 0 bridgehead atoms.